The molecule has 0 spiro atoms. The molecule has 1 unspecified atom stereocenters. The van der Waals surface area contributed by atoms with Crippen LogP contribution in [0.2, 0.25) is 0 Å². The zero-order chi connectivity index (χ0) is 14.7. The van der Waals surface area contributed by atoms with Gasteiger partial charge in [-0.2, -0.15) is 5.10 Å². The molecule has 0 radical (unpaired) electrons. The van der Waals surface area contributed by atoms with E-state index in [0.29, 0.717) is 13.1 Å². The summed E-state index contributed by atoms with van der Waals surface area (Å²) in [5.74, 6) is -0.494. The van der Waals surface area contributed by atoms with Gasteiger partial charge in [-0.1, -0.05) is 31.2 Å². The molecule has 0 saturated carbocycles. The molecule has 1 heterocycles. The van der Waals surface area contributed by atoms with Gasteiger partial charge in [0.15, 0.2) is 5.82 Å². The van der Waals surface area contributed by atoms with Crippen LogP contribution in [0.3, 0.4) is 0 Å². The van der Waals surface area contributed by atoms with E-state index in [4.69, 9.17) is 5.11 Å². The number of aromatic nitrogens is 2. The number of hydrogen-bond acceptors (Lipinski definition) is 4. The monoisotopic (exact) mass is 273 g/mol. The Balaban J connectivity index is 2.45. The molecule has 0 bridgehead atoms. The summed E-state index contributed by atoms with van der Waals surface area (Å²) in [6, 6.07) is 7.94. The number of fused-ring (bicyclic) bond motifs is 1. The average Bonchev–Trinajstić information content (AvgIpc) is 2.45. The van der Waals surface area contributed by atoms with Crippen LogP contribution in [0.15, 0.2) is 24.3 Å². The molecule has 0 aliphatic rings. The second-order valence-corrected chi connectivity index (χ2v) is 4.93. The van der Waals surface area contributed by atoms with Crippen LogP contribution in [0.25, 0.3) is 10.8 Å². The Labute approximate surface area is 118 Å². The molecule has 2 aromatic rings. The lowest BCUT2D eigenvalue weighted by atomic mass is 10.1. The van der Waals surface area contributed by atoms with E-state index in [0.717, 1.165) is 22.3 Å². The zero-order valence-corrected chi connectivity index (χ0v) is 12.0. The minimum Gasteiger partial charge on any atom is -0.481 e. The van der Waals surface area contributed by atoms with E-state index in [1.165, 1.54) is 0 Å². The molecule has 1 N–H and O–H groups in total. The molecular formula is C15H19N3O2. The van der Waals surface area contributed by atoms with Crippen LogP contribution in [0, 0.1) is 12.8 Å². The van der Waals surface area contributed by atoms with Gasteiger partial charge in [-0.15, -0.1) is 5.10 Å². The SMILES string of the molecule is CCN(CC(C)C(=O)O)c1nnc(C)c2ccccc12. The zero-order valence-electron chi connectivity index (χ0n) is 12.0. The van der Waals surface area contributed by atoms with Crippen molar-refractivity contribution in [2.45, 2.75) is 20.8 Å². The van der Waals surface area contributed by atoms with E-state index in [9.17, 15) is 4.79 Å². The average molecular weight is 273 g/mol. The van der Waals surface area contributed by atoms with Gasteiger partial charge in [0.25, 0.3) is 0 Å². The van der Waals surface area contributed by atoms with Crippen LogP contribution < -0.4 is 4.90 Å². The Hall–Kier alpha value is -2.17. The van der Waals surface area contributed by atoms with Crippen molar-refractivity contribution < 1.29 is 9.90 Å². The summed E-state index contributed by atoms with van der Waals surface area (Å²) in [5, 5.41) is 19.6. The summed E-state index contributed by atoms with van der Waals surface area (Å²) < 4.78 is 0. The Kier molecular flexibility index (Phi) is 4.17. The van der Waals surface area contributed by atoms with Crippen molar-refractivity contribution in [3.63, 3.8) is 0 Å². The van der Waals surface area contributed by atoms with Gasteiger partial charge in [0.1, 0.15) is 0 Å². The van der Waals surface area contributed by atoms with Crippen molar-refractivity contribution >= 4 is 22.6 Å². The number of carboxylic acids is 1. The van der Waals surface area contributed by atoms with Gasteiger partial charge < -0.3 is 10.0 Å². The maximum absolute atomic E-state index is 11.0. The van der Waals surface area contributed by atoms with Gasteiger partial charge in [-0.05, 0) is 13.8 Å². The smallest absolute Gasteiger partial charge is 0.308 e. The quantitative estimate of drug-likeness (QED) is 0.906. The topological polar surface area (TPSA) is 66.3 Å². The second kappa shape index (κ2) is 5.86. The predicted octanol–water partition coefficient (Wildman–Crippen LogP) is 2.49. The minimum absolute atomic E-state index is 0.424. The van der Waals surface area contributed by atoms with Crippen molar-refractivity contribution in [1.82, 2.24) is 10.2 Å². The van der Waals surface area contributed by atoms with Crippen LogP contribution in [0.5, 0.6) is 0 Å². The Bertz CT molecular complexity index is 628. The molecule has 5 heteroatoms. The molecule has 106 valence electrons. The van der Waals surface area contributed by atoms with Crippen LogP contribution in [-0.4, -0.2) is 34.4 Å². The predicted molar refractivity (Wildman–Crippen MR) is 79.0 cm³/mol. The number of benzene rings is 1. The molecule has 5 nitrogen and oxygen atoms in total. The summed E-state index contributed by atoms with van der Waals surface area (Å²) in [6.45, 7) is 6.74. The second-order valence-electron chi connectivity index (χ2n) is 4.93. The molecule has 20 heavy (non-hydrogen) atoms. The van der Waals surface area contributed by atoms with E-state index < -0.39 is 11.9 Å². The Morgan fingerprint density at radius 2 is 1.95 bits per heavy atom. The summed E-state index contributed by atoms with van der Waals surface area (Å²) >= 11 is 0. The third-order valence-electron chi connectivity index (χ3n) is 3.45. The minimum atomic E-state index is -0.798. The molecule has 1 atom stereocenters. The van der Waals surface area contributed by atoms with Crippen molar-refractivity contribution in [3.05, 3.63) is 30.0 Å². The number of carboxylic acid groups (broad SMARTS) is 1. The first kappa shape index (κ1) is 14.2. The van der Waals surface area contributed by atoms with Gasteiger partial charge in [-0.3, -0.25) is 4.79 Å². The van der Waals surface area contributed by atoms with Gasteiger partial charge in [-0.25, -0.2) is 0 Å². The highest BCUT2D eigenvalue weighted by Crippen LogP contribution is 2.25. The highest BCUT2D eigenvalue weighted by atomic mass is 16.4. The van der Waals surface area contributed by atoms with E-state index in [1.807, 2.05) is 43.0 Å². The van der Waals surface area contributed by atoms with Gasteiger partial charge in [0.2, 0.25) is 0 Å². The normalized spacial score (nSPS) is 12.3. The molecular weight excluding hydrogens is 254 g/mol. The van der Waals surface area contributed by atoms with E-state index in [1.54, 1.807) is 6.92 Å². The highest BCUT2D eigenvalue weighted by Gasteiger charge is 2.18. The largest absolute Gasteiger partial charge is 0.481 e. The van der Waals surface area contributed by atoms with Gasteiger partial charge in [0, 0.05) is 23.9 Å². The van der Waals surface area contributed by atoms with Crippen molar-refractivity contribution in [3.8, 4) is 0 Å². The first-order chi connectivity index (χ1) is 9.54. The fourth-order valence-electron chi connectivity index (χ4n) is 2.23. The lowest BCUT2D eigenvalue weighted by molar-refractivity contribution is -0.140. The molecule has 0 aliphatic heterocycles. The molecule has 1 aromatic heterocycles. The number of aliphatic carboxylic acids is 1. The summed E-state index contributed by atoms with van der Waals surface area (Å²) in [6.07, 6.45) is 0. The van der Waals surface area contributed by atoms with Crippen molar-refractivity contribution in [2.24, 2.45) is 5.92 Å². The molecule has 0 amide bonds. The van der Waals surface area contributed by atoms with E-state index in [2.05, 4.69) is 10.2 Å². The standard InChI is InChI=1S/C15H19N3O2/c1-4-18(9-10(2)15(19)20)14-13-8-6-5-7-12(13)11(3)16-17-14/h5-8,10H,4,9H2,1-3H3,(H,19,20). The molecule has 1 aromatic carbocycles. The van der Waals surface area contributed by atoms with Crippen LogP contribution in [0.1, 0.15) is 19.5 Å². The Morgan fingerprint density at radius 3 is 2.55 bits per heavy atom. The number of hydrogen-bond donors (Lipinski definition) is 1. The molecule has 0 saturated heterocycles. The van der Waals surface area contributed by atoms with E-state index >= 15 is 0 Å². The van der Waals surface area contributed by atoms with Gasteiger partial charge >= 0.3 is 5.97 Å². The summed E-state index contributed by atoms with van der Waals surface area (Å²) in [4.78, 5) is 13.0. The lowest BCUT2D eigenvalue weighted by Crippen LogP contribution is -2.32. The summed E-state index contributed by atoms with van der Waals surface area (Å²) in [5.41, 5.74) is 0.881. The molecule has 0 aliphatic carbocycles. The maximum atomic E-state index is 11.0. The number of nitrogens with zero attached hydrogens (tertiary/aromatic N) is 3. The fraction of sp³-hybridized carbons (Fsp3) is 0.400. The number of rotatable bonds is 5. The third kappa shape index (κ3) is 2.71. The number of aryl methyl sites for hydroxylation is 1. The highest BCUT2D eigenvalue weighted by molar-refractivity contribution is 5.93. The van der Waals surface area contributed by atoms with Crippen molar-refractivity contribution in [2.75, 3.05) is 18.0 Å². The fourth-order valence-corrected chi connectivity index (χ4v) is 2.23. The van der Waals surface area contributed by atoms with Crippen LogP contribution >= 0.6 is 0 Å². The number of carbonyl (C=O) groups is 1. The third-order valence-corrected chi connectivity index (χ3v) is 3.45. The molecule has 0 fully saturated rings. The molecule has 2 rings (SSSR count). The first-order valence-corrected chi connectivity index (χ1v) is 6.74. The van der Waals surface area contributed by atoms with Gasteiger partial charge in [0.05, 0.1) is 11.6 Å². The maximum Gasteiger partial charge on any atom is 0.308 e. The van der Waals surface area contributed by atoms with Crippen LogP contribution in [-0.2, 0) is 4.79 Å². The van der Waals surface area contributed by atoms with Crippen LogP contribution in [0.4, 0.5) is 5.82 Å². The Morgan fingerprint density at radius 1 is 1.30 bits per heavy atom. The van der Waals surface area contributed by atoms with Crippen molar-refractivity contribution in [1.29, 1.82) is 0 Å². The summed E-state index contributed by atoms with van der Waals surface area (Å²) in [7, 11) is 0. The first-order valence-electron chi connectivity index (χ1n) is 6.74. The number of anilines is 1. The van der Waals surface area contributed by atoms with E-state index in [-0.39, 0.29) is 0 Å². The lowest BCUT2D eigenvalue weighted by Gasteiger charge is -2.24.